The lowest BCUT2D eigenvalue weighted by atomic mass is 9.96. The van der Waals surface area contributed by atoms with E-state index in [1.165, 1.54) is 11.1 Å². The van der Waals surface area contributed by atoms with Crippen molar-refractivity contribution in [2.45, 2.75) is 26.3 Å². The van der Waals surface area contributed by atoms with Gasteiger partial charge in [0, 0.05) is 19.3 Å². The number of hydrogen-bond donors (Lipinski definition) is 1. The van der Waals surface area contributed by atoms with Crippen LogP contribution < -0.4 is 5.32 Å². The molecule has 1 saturated heterocycles. The van der Waals surface area contributed by atoms with Crippen LogP contribution in [0.1, 0.15) is 24.0 Å². The van der Waals surface area contributed by atoms with Crippen molar-refractivity contribution in [2.75, 3.05) is 18.4 Å². The molecule has 0 saturated carbocycles. The Labute approximate surface area is 137 Å². The van der Waals surface area contributed by atoms with Gasteiger partial charge in [-0.25, -0.2) is 0 Å². The number of anilines is 1. The van der Waals surface area contributed by atoms with Gasteiger partial charge in [-0.15, -0.1) is 0 Å². The molecule has 1 aliphatic rings. The molecule has 1 fully saturated rings. The van der Waals surface area contributed by atoms with Crippen LogP contribution in [-0.4, -0.2) is 28.9 Å². The average molecular weight is 309 g/mol. The lowest BCUT2D eigenvalue weighted by molar-refractivity contribution is -0.121. The van der Waals surface area contributed by atoms with Gasteiger partial charge < -0.3 is 5.32 Å². The van der Waals surface area contributed by atoms with Crippen molar-refractivity contribution >= 4 is 11.6 Å². The molecule has 1 N–H and O–H groups in total. The fourth-order valence-corrected chi connectivity index (χ4v) is 3.16. The second kappa shape index (κ2) is 7.38. The molecule has 0 bridgehead atoms. The van der Waals surface area contributed by atoms with Gasteiger partial charge >= 0.3 is 0 Å². The Morgan fingerprint density at radius 3 is 3.04 bits per heavy atom. The third-order valence-electron chi connectivity index (χ3n) is 4.29. The topological polar surface area (TPSA) is 45.2 Å². The van der Waals surface area contributed by atoms with E-state index in [0.717, 1.165) is 38.2 Å². The predicted octanol–water partition coefficient (Wildman–Crippen LogP) is 3.24. The van der Waals surface area contributed by atoms with E-state index >= 15 is 0 Å². The monoisotopic (exact) mass is 309 g/mol. The number of aromatic nitrogens is 1. The van der Waals surface area contributed by atoms with Crippen molar-refractivity contribution in [3.63, 3.8) is 0 Å². The predicted molar refractivity (Wildman–Crippen MR) is 92.0 cm³/mol. The van der Waals surface area contributed by atoms with E-state index in [2.05, 4.69) is 46.4 Å². The molecule has 1 atom stereocenters. The number of hydrogen-bond acceptors (Lipinski definition) is 3. The standard InChI is InChI=1S/C19H23N3O/c1-15-5-2-6-16(11-15)13-22-10-4-7-17(14-22)19(23)21-18-8-3-9-20-12-18/h2-3,5-6,8-9,11-12,17H,4,7,10,13-14H2,1H3,(H,21,23). The van der Waals surface area contributed by atoms with Gasteiger partial charge in [-0.05, 0) is 44.0 Å². The lowest BCUT2D eigenvalue weighted by Crippen LogP contribution is -2.40. The molecule has 1 aromatic heterocycles. The van der Waals surface area contributed by atoms with Gasteiger partial charge in [0.2, 0.25) is 5.91 Å². The number of aryl methyl sites for hydroxylation is 1. The quantitative estimate of drug-likeness (QED) is 0.943. The highest BCUT2D eigenvalue weighted by Crippen LogP contribution is 2.20. The molecule has 1 unspecified atom stereocenters. The van der Waals surface area contributed by atoms with Crippen molar-refractivity contribution in [3.8, 4) is 0 Å². The summed E-state index contributed by atoms with van der Waals surface area (Å²) >= 11 is 0. The van der Waals surface area contributed by atoms with E-state index in [-0.39, 0.29) is 11.8 Å². The Kier molecular flexibility index (Phi) is 5.03. The molecule has 120 valence electrons. The molecule has 1 aliphatic heterocycles. The van der Waals surface area contributed by atoms with Crippen LogP contribution in [-0.2, 0) is 11.3 Å². The Hall–Kier alpha value is -2.20. The summed E-state index contributed by atoms with van der Waals surface area (Å²) in [5.41, 5.74) is 3.37. The number of nitrogens with zero attached hydrogens (tertiary/aromatic N) is 2. The number of amides is 1. The van der Waals surface area contributed by atoms with Crippen LogP contribution in [0.5, 0.6) is 0 Å². The molecule has 1 amide bonds. The van der Waals surface area contributed by atoms with E-state index in [1.54, 1.807) is 12.4 Å². The molecule has 4 nitrogen and oxygen atoms in total. The second-order valence-electron chi connectivity index (χ2n) is 6.29. The van der Waals surface area contributed by atoms with Crippen molar-refractivity contribution in [2.24, 2.45) is 5.92 Å². The zero-order valence-corrected chi connectivity index (χ0v) is 13.5. The summed E-state index contributed by atoms with van der Waals surface area (Å²) in [4.78, 5) is 18.9. The number of benzene rings is 1. The van der Waals surface area contributed by atoms with Crippen molar-refractivity contribution in [1.29, 1.82) is 0 Å². The summed E-state index contributed by atoms with van der Waals surface area (Å²) in [5.74, 6) is 0.153. The van der Waals surface area contributed by atoms with Crippen LogP contribution in [0.3, 0.4) is 0 Å². The van der Waals surface area contributed by atoms with Crippen LogP contribution in [0.2, 0.25) is 0 Å². The number of rotatable bonds is 4. The molecular formula is C19H23N3O. The van der Waals surface area contributed by atoms with Crippen LogP contribution in [0.15, 0.2) is 48.8 Å². The molecule has 1 aromatic carbocycles. The molecule has 0 aliphatic carbocycles. The molecular weight excluding hydrogens is 286 g/mol. The Balaban J connectivity index is 1.58. The van der Waals surface area contributed by atoms with E-state index in [9.17, 15) is 4.79 Å². The summed E-state index contributed by atoms with van der Waals surface area (Å²) in [7, 11) is 0. The van der Waals surface area contributed by atoms with Crippen LogP contribution in [0, 0.1) is 12.8 Å². The zero-order valence-electron chi connectivity index (χ0n) is 13.5. The minimum atomic E-state index is 0.0498. The van der Waals surface area contributed by atoms with Gasteiger partial charge in [-0.1, -0.05) is 29.8 Å². The number of piperidine rings is 1. The normalized spacial score (nSPS) is 18.6. The lowest BCUT2D eigenvalue weighted by Gasteiger charge is -2.32. The van der Waals surface area contributed by atoms with Crippen LogP contribution in [0.4, 0.5) is 5.69 Å². The van der Waals surface area contributed by atoms with Crippen molar-refractivity contribution in [1.82, 2.24) is 9.88 Å². The van der Waals surface area contributed by atoms with Crippen LogP contribution in [0.25, 0.3) is 0 Å². The minimum Gasteiger partial charge on any atom is -0.324 e. The largest absolute Gasteiger partial charge is 0.324 e. The van der Waals surface area contributed by atoms with Gasteiger partial charge in [0.15, 0.2) is 0 Å². The highest BCUT2D eigenvalue weighted by Gasteiger charge is 2.25. The van der Waals surface area contributed by atoms with Gasteiger partial charge in [-0.3, -0.25) is 14.7 Å². The van der Waals surface area contributed by atoms with Crippen molar-refractivity contribution < 1.29 is 4.79 Å². The molecule has 4 heteroatoms. The molecule has 2 aromatic rings. The summed E-state index contributed by atoms with van der Waals surface area (Å²) in [5, 5.41) is 2.98. The highest BCUT2D eigenvalue weighted by atomic mass is 16.1. The Bertz CT molecular complexity index is 657. The summed E-state index contributed by atoms with van der Waals surface area (Å²) < 4.78 is 0. The number of carbonyl (C=O) groups is 1. The van der Waals surface area contributed by atoms with Crippen molar-refractivity contribution in [3.05, 3.63) is 59.9 Å². The number of pyridine rings is 1. The van der Waals surface area contributed by atoms with E-state index in [0.29, 0.717) is 0 Å². The van der Waals surface area contributed by atoms with Gasteiger partial charge in [-0.2, -0.15) is 0 Å². The highest BCUT2D eigenvalue weighted by molar-refractivity contribution is 5.92. The van der Waals surface area contributed by atoms with E-state index in [1.807, 2.05) is 12.1 Å². The Morgan fingerprint density at radius 1 is 1.35 bits per heavy atom. The summed E-state index contributed by atoms with van der Waals surface area (Å²) in [6.07, 6.45) is 5.42. The second-order valence-corrected chi connectivity index (χ2v) is 6.29. The fraction of sp³-hybridized carbons (Fsp3) is 0.368. The maximum atomic E-state index is 12.5. The van der Waals surface area contributed by atoms with Gasteiger partial charge in [0.05, 0.1) is 17.8 Å². The summed E-state index contributed by atoms with van der Waals surface area (Å²) in [6.45, 7) is 4.91. The molecule has 0 radical (unpaired) electrons. The van der Waals surface area contributed by atoms with Crippen LogP contribution >= 0.6 is 0 Å². The average Bonchev–Trinajstić information content (AvgIpc) is 2.56. The summed E-state index contributed by atoms with van der Waals surface area (Å²) in [6, 6.07) is 12.3. The number of nitrogens with one attached hydrogen (secondary N) is 1. The molecule has 3 rings (SSSR count). The maximum Gasteiger partial charge on any atom is 0.228 e. The fourth-order valence-electron chi connectivity index (χ4n) is 3.16. The molecule has 2 heterocycles. The Morgan fingerprint density at radius 2 is 2.26 bits per heavy atom. The number of likely N-dealkylation sites (tertiary alicyclic amines) is 1. The first-order valence-corrected chi connectivity index (χ1v) is 8.19. The third-order valence-corrected chi connectivity index (χ3v) is 4.29. The van der Waals surface area contributed by atoms with E-state index in [4.69, 9.17) is 0 Å². The first-order chi connectivity index (χ1) is 11.2. The minimum absolute atomic E-state index is 0.0498. The first-order valence-electron chi connectivity index (χ1n) is 8.19. The van der Waals surface area contributed by atoms with E-state index < -0.39 is 0 Å². The van der Waals surface area contributed by atoms with Gasteiger partial charge in [0.1, 0.15) is 0 Å². The van der Waals surface area contributed by atoms with Gasteiger partial charge in [0.25, 0.3) is 0 Å². The smallest absolute Gasteiger partial charge is 0.228 e. The third kappa shape index (κ3) is 4.39. The molecule has 0 spiro atoms. The SMILES string of the molecule is Cc1cccc(CN2CCCC(C(=O)Nc3cccnc3)C2)c1. The number of carbonyl (C=O) groups excluding carboxylic acids is 1. The maximum absolute atomic E-state index is 12.5. The molecule has 23 heavy (non-hydrogen) atoms. The first kappa shape index (κ1) is 15.7. The zero-order chi connectivity index (χ0) is 16.1.